The first-order chi connectivity index (χ1) is 18.2. The molecule has 0 N–H and O–H groups in total. The van der Waals surface area contributed by atoms with E-state index in [-0.39, 0.29) is 0 Å². The van der Waals surface area contributed by atoms with Crippen LogP contribution in [0, 0.1) is 6.92 Å². The van der Waals surface area contributed by atoms with Crippen LogP contribution in [0.3, 0.4) is 0 Å². The summed E-state index contributed by atoms with van der Waals surface area (Å²) in [6.45, 7) is 12.5. The Labute approximate surface area is 253 Å². The second-order valence-electron chi connectivity index (χ2n) is 8.90. The molecule has 0 aliphatic heterocycles. The molecule has 0 aliphatic carbocycles. The molecule has 0 radical (unpaired) electrons. The van der Waals surface area contributed by atoms with E-state index >= 15 is 0 Å². The first-order valence-electron chi connectivity index (χ1n) is 13.9. The van der Waals surface area contributed by atoms with Crippen LogP contribution in [-0.2, 0) is 18.2 Å². The minimum absolute atomic E-state index is 0.446. The van der Waals surface area contributed by atoms with E-state index < -0.39 is 27.7 Å². The number of hydrogen-bond donors (Lipinski definition) is 0. The third kappa shape index (κ3) is 17.9. The molecular formula is C33H49ClPPdSn+. The monoisotopic (exact) mass is 737 g/mol. The van der Waals surface area contributed by atoms with Crippen LogP contribution in [0.25, 0.3) is 0 Å². The van der Waals surface area contributed by atoms with Crippen molar-refractivity contribution in [1.29, 1.82) is 0 Å². The van der Waals surface area contributed by atoms with E-state index in [1.54, 1.807) is 13.3 Å². The Morgan fingerprint density at radius 2 is 0.811 bits per heavy atom. The van der Waals surface area contributed by atoms with Crippen molar-refractivity contribution in [1.82, 2.24) is 0 Å². The molecule has 3 aromatic carbocycles. The SMILES string of the molecule is CCC[CH2][Sn+]([CH2]CCC)[CH2]CCC.[CH2-]CC.[Cl][Pd+].c1ccc(P(c2ccccc2)c2ccccc2)cc1. The molecule has 0 nitrogen and oxygen atoms in total. The molecule has 206 valence electrons. The second kappa shape index (κ2) is 27.4. The van der Waals surface area contributed by atoms with E-state index in [4.69, 9.17) is 0 Å². The van der Waals surface area contributed by atoms with E-state index in [0.29, 0.717) is 0 Å². The Hall–Kier alpha value is -0.159. The Bertz CT molecular complexity index is 720. The predicted octanol–water partition coefficient (Wildman–Crippen LogP) is 10.2. The van der Waals surface area contributed by atoms with E-state index in [9.17, 15) is 0 Å². The van der Waals surface area contributed by atoms with Crippen molar-refractivity contribution in [2.75, 3.05) is 0 Å². The van der Waals surface area contributed by atoms with E-state index in [1.807, 2.05) is 6.92 Å². The maximum absolute atomic E-state index is 4.49. The summed E-state index contributed by atoms with van der Waals surface area (Å²) in [7, 11) is 4.04. The number of benzene rings is 3. The van der Waals surface area contributed by atoms with Gasteiger partial charge in [0.1, 0.15) is 0 Å². The van der Waals surface area contributed by atoms with Crippen molar-refractivity contribution in [2.45, 2.75) is 86.0 Å². The van der Waals surface area contributed by atoms with Crippen LogP contribution in [0.4, 0.5) is 0 Å². The quantitative estimate of drug-likeness (QED) is 0.0987. The summed E-state index contributed by atoms with van der Waals surface area (Å²) in [5, 5.41) is 4.19. The molecule has 0 unspecified atom stereocenters. The summed E-state index contributed by atoms with van der Waals surface area (Å²) in [6, 6.07) is 32.3. The maximum Gasteiger partial charge on any atom is -0.0134 e. The molecule has 3 rings (SSSR count). The Kier molecular flexibility index (Phi) is 27.3. The van der Waals surface area contributed by atoms with Gasteiger partial charge in [-0.15, -0.1) is 0 Å². The molecule has 0 amide bonds. The van der Waals surface area contributed by atoms with Gasteiger partial charge >= 0.3 is 120 Å². The summed E-state index contributed by atoms with van der Waals surface area (Å²) in [5.74, 6) is 0. The minimum atomic E-state index is -0.839. The van der Waals surface area contributed by atoms with Gasteiger partial charge in [-0.2, -0.15) is 6.42 Å². The van der Waals surface area contributed by atoms with Gasteiger partial charge in [-0.25, -0.2) is 0 Å². The summed E-state index contributed by atoms with van der Waals surface area (Å²) in [4.78, 5) is 0. The van der Waals surface area contributed by atoms with Gasteiger partial charge in [-0.3, -0.25) is 0 Å². The van der Waals surface area contributed by atoms with Crippen LogP contribution >= 0.6 is 17.5 Å². The minimum Gasteiger partial charge on any atom is -0.0622 e. The smallest absolute Gasteiger partial charge is 0.0134 e. The van der Waals surface area contributed by atoms with Gasteiger partial charge in [-0.1, -0.05) is 97.9 Å². The summed E-state index contributed by atoms with van der Waals surface area (Å²) < 4.78 is 5.04. The fourth-order valence-corrected chi connectivity index (χ4v) is 15.6. The van der Waals surface area contributed by atoms with Crippen molar-refractivity contribution in [3.05, 3.63) is 97.9 Å². The Morgan fingerprint density at radius 3 is 1.03 bits per heavy atom. The van der Waals surface area contributed by atoms with E-state index in [2.05, 4.69) is 146 Å². The largest absolute Gasteiger partial charge is 0.0622 e. The number of unbranched alkanes of at least 4 members (excludes halogenated alkanes) is 3. The fraction of sp³-hybridized carbons (Fsp3) is 0.424. The Morgan fingerprint density at radius 1 is 0.568 bits per heavy atom. The zero-order valence-electron chi connectivity index (χ0n) is 23.6. The average molecular weight is 737 g/mol. The average Bonchev–Trinajstić information content (AvgIpc) is 2.96. The van der Waals surface area contributed by atoms with Crippen LogP contribution in [0.2, 0.25) is 13.3 Å². The molecule has 0 saturated heterocycles. The maximum atomic E-state index is 4.49. The predicted molar refractivity (Wildman–Crippen MR) is 172 cm³/mol. The Balaban J connectivity index is 0.000000631. The van der Waals surface area contributed by atoms with Gasteiger partial charge in [0.15, 0.2) is 0 Å². The zero-order chi connectivity index (χ0) is 27.6. The molecule has 3 aromatic rings. The molecule has 0 atom stereocenters. The van der Waals surface area contributed by atoms with Gasteiger partial charge in [0.05, 0.1) is 0 Å². The molecule has 4 heteroatoms. The summed E-state index contributed by atoms with van der Waals surface area (Å²) in [6.07, 6.45) is 9.85. The first-order valence-corrected chi connectivity index (χ1v) is 23.3. The van der Waals surface area contributed by atoms with Crippen molar-refractivity contribution < 1.29 is 18.2 Å². The van der Waals surface area contributed by atoms with Gasteiger partial charge < -0.3 is 6.92 Å². The van der Waals surface area contributed by atoms with Crippen LogP contribution < -0.4 is 15.9 Å². The summed E-state index contributed by atoms with van der Waals surface area (Å²) in [5.41, 5.74) is 0. The number of rotatable bonds is 12. The van der Waals surface area contributed by atoms with Crippen LogP contribution in [-0.4, -0.2) is 19.8 Å². The fourth-order valence-electron chi connectivity index (χ4n) is 3.83. The van der Waals surface area contributed by atoms with Gasteiger partial charge in [0.25, 0.3) is 0 Å². The van der Waals surface area contributed by atoms with Crippen LogP contribution in [0.5, 0.6) is 0 Å². The number of halogens is 1. The first kappa shape index (κ1) is 36.8. The zero-order valence-corrected chi connectivity index (χ0v) is 29.6. The van der Waals surface area contributed by atoms with Crippen LogP contribution in [0.15, 0.2) is 91.0 Å². The summed E-state index contributed by atoms with van der Waals surface area (Å²) >= 11 is 1.38. The molecule has 0 heterocycles. The standard InChI is InChI=1S/C18H15P.3C4H9.C3H7.ClH.Pd.Sn/c1-4-10-16(11-5-1)19(17-12-6-2-7-13-17)18-14-8-3-9-15-18;3*1-3-4-2;1-3-2;;;/h1-15H;3*1,3-4H2,2H3;1,3H2,2H3;1H;;/q;;;;-1;;+2;+1/p-1. The molecular weight excluding hydrogens is 688 g/mol. The molecule has 0 aromatic heterocycles. The van der Waals surface area contributed by atoms with Gasteiger partial charge in [0, 0.05) is 0 Å². The third-order valence-electron chi connectivity index (χ3n) is 5.69. The van der Waals surface area contributed by atoms with E-state index in [1.165, 1.54) is 54.4 Å². The van der Waals surface area contributed by atoms with Crippen molar-refractivity contribution >= 4 is 53.1 Å². The van der Waals surface area contributed by atoms with Gasteiger partial charge in [0.2, 0.25) is 0 Å². The normalized spacial score (nSPS) is 9.76. The second-order valence-corrected chi connectivity index (χ2v) is 19.7. The molecule has 0 spiro atoms. The third-order valence-corrected chi connectivity index (χ3v) is 17.2. The van der Waals surface area contributed by atoms with Crippen molar-refractivity contribution in [3.8, 4) is 0 Å². The molecule has 37 heavy (non-hydrogen) atoms. The molecule has 0 bridgehead atoms. The topological polar surface area (TPSA) is 0 Å². The van der Waals surface area contributed by atoms with Crippen molar-refractivity contribution in [2.24, 2.45) is 0 Å². The number of hydrogen-bond acceptors (Lipinski definition) is 0. The van der Waals surface area contributed by atoms with Gasteiger partial charge in [-0.05, 0) is 23.8 Å². The van der Waals surface area contributed by atoms with E-state index in [0.717, 1.165) is 6.42 Å². The molecule has 0 saturated carbocycles. The van der Waals surface area contributed by atoms with Crippen molar-refractivity contribution in [3.63, 3.8) is 0 Å². The van der Waals surface area contributed by atoms with Crippen LogP contribution in [0.1, 0.15) is 72.6 Å². The molecule has 0 aliphatic rings. The molecule has 0 fully saturated rings.